The molecule has 4 aliphatic carbocycles. The quantitative estimate of drug-likeness (QED) is 0.596. The molecule has 5 rings (SSSR count). The Hall–Kier alpha value is -1.97. The van der Waals surface area contributed by atoms with Crippen molar-refractivity contribution in [1.29, 1.82) is 0 Å². The van der Waals surface area contributed by atoms with Gasteiger partial charge in [-0.3, -0.25) is 4.79 Å². The van der Waals surface area contributed by atoms with Crippen LogP contribution in [0, 0.1) is 29.0 Å². The van der Waals surface area contributed by atoms with Gasteiger partial charge in [-0.2, -0.15) is 0 Å². The number of hydrogen-bond acceptors (Lipinski definition) is 3. The van der Waals surface area contributed by atoms with Crippen molar-refractivity contribution in [1.82, 2.24) is 0 Å². The van der Waals surface area contributed by atoms with Gasteiger partial charge in [0.1, 0.15) is 5.82 Å². The summed E-state index contributed by atoms with van der Waals surface area (Å²) in [5.41, 5.74) is 0.0800. The number of Topliss-reactive ketones (excluding diaryl/α,β-unsaturated/α-hetero) is 1. The summed E-state index contributed by atoms with van der Waals surface area (Å²) < 4.78 is 18.7. The lowest BCUT2D eigenvalue weighted by Gasteiger charge is -2.55. The molecule has 25 heavy (non-hydrogen) atoms. The number of ketones is 1. The zero-order chi connectivity index (χ0) is 17.4. The average Bonchev–Trinajstić information content (AvgIpc) is 2.57. The maximum absolute atomic E-state index is 13.5. The first kappa shape index (κ1) is 16.5. The maximum Gasteiger partial charge on any atom is 0.331 e. The second kappa shape index (κ2) is 6.40. The predicted molar refractivity (Wildman–Crippen MR) is 92.0 cm³/mol. The topological polar surface area (TPSA) is 43.4 Å². The van der Waals surface area contributed by atoms with Crippen molar-refractivity contribution in [2.75, 3.05) is 6.61 Å². The van der Waals surface area contributed by atoms with Crippen molar-refractivity contribution in [3.63, 3.8) is 0 Å². The van der Waals surface area contributed by atoms with E-state index in [1.807, 2.05) is 0 Å². The molecule has 0 aromatic heterocycles. The number of rotatable bonds is 5. The maximum atomic E-state index is 13.5. The fourth-order valence-electron chi connectivity index (χ4n) is 5.56. The van der Waals surface area contributed by atoms with Crippen molar-refractivity contribution in [2.45, 2.75) is 38.5 Å². The van der Waals surface area contributed by atoms with Gasteiger partial charge in [0.25, 0.3) is 0 Å². The fourth-order valence-corrected chi connectivity index (χ4v) is 5.56. The summed E-state index contributed by atoms with van der Waals surface area (Å²) in [6, 6.07) is 6.21. The molecule has 1 aromatic rings. The lowest BCUT2D eigenvalue weighted by atomic mass is 9.48. The monoisotopic (exact) mass is 342 g/mol. The van der Waals surface area contributed by atoms with Gasteiger partial charge in [-0.1, -0.05) is 18.2 Å². The third kappa shape index (κ3) is 3.26. The molecule has 0 atom stereocenters. The Morgan fingerprint density at radius 1 is 1.08 bits per heavy atom. The fraction of sp³-hybridized carbons (Fsp3) is 0.524. The van der Waals surface area contributed by atoms with Gasteiger partial charge >= 0.3 is 5.97 Å². The molecule has 4 aliphatic rings. The molecule has 4 heteroatoms. The molecule has 0 amide bonds. The number of benzene rings is 1. The van der Waals surface area contributed by atoms with Crippen molar-refractivity contribution < 1.29 is 18.7 Å². The zero-order valence-electron chi connectivity index (χ0n) is 14.2. The second-order valence-electron chi connectivity index (χ2n) is 8.08. The lowest BCUT2D eigenvalue weighted by molar-refractivity contribution is -0.155. The first-order valence-corrected chi connectivity index (χ1v) is 9.17. The highest BCUT2D eigenvalue weighted by molar-refractivity contribution is 5.91. The van der Waals surface area contributed by atoms with Gasteiger partial charge in [-0.15, -0.1) is 0 Å². The number of halogens is 1. The van der Waals surface area contributed by atoms with Crippen LogP contribution in [0.5, 0.6) is 0 Å². The number of hydrogen-bond donors (Lipinski definition) is 0. The van der Waals surface area contributed by atoms with E-state index >= 15 is 0 Å². The molecule has 1 aromatic carbocycles. The smallest absolute Gasteiger partial charge is 0.331 e. The van der Waals surface area contributed by atoms with E-state index in [1.165, 1.54) is 37.5 Å². The van der Waals surface area contributed by atoms with Gasteiger partial charge in [0.15, 0.2) is 12.4 Å². The van der Waals surface area contributed by atoms with Crippen LogP contribution in [0.1, 0.15) is 44.1 Å². The number of ether oxygens (including phenoxy) is 1. The second-order valence-corrected chi connectivity index (χ2v) is 8.08. The lowest BCUT2D eigenvalue weighted by Crippen LogP contribution is -2.51. The Kier molecular flexibility index (Phi) is 4.22. The summed E-state index contributed by atoms with van der Waals surface area (Å²) in [7, 11) is 0. The first-order valence-electron chi connectivity index (χ1n) is 9.17. The van der Waals surface area contributed by atoms with Crippen LogP contribution in [-0.2, 0) is 14.3 Å². The Labute approximate surface area is 147 Å². The highest BCUT2D eigenvalue weighted by atomic mass is 19.1. The molecule has 0 aliphatic heterocycles. The Balaban J connectivity index is 1.34. The zero-order valence-corrected chi connectivity index (χ0v) is 14.2. The molecular formula is C21H23FO3. The van der Waals surface area contributed by atoms with Crippen LogP contribution in [0.25, 0.3) is 6.08 Å². The van der Waals surface area contributed by atoms with E-state index in [0.29, 0.717) is 23.3 Å². The SMILES string of the molecule is O=C(/C=C\c1ccccc1F)OCC(=O)C12CC3CC(CC(C3)C1)C2. The molecule has 0 N–H and O–H groups in total. The molecule has 0 unspecified atom stereocenters. The van der Waals surface area contributed by atoms with E-state index in [1.54, 1.807) is 18.2 Å². The summed E-state index contributed by atoms with van der Waals surface area (Å²) in [6.45, 7) is -0.160. The largest absolute Gasteiger partial charge is 0.455 e. The van der Waals surface area contributed by atoms with Crippen LogP contribution >= 0.6 is 0 Å². The molecule has 0 spiro atoms. The molecule has 4 fully saturated rings. The van der Waals surface area contributed by atoms with Gasteiger partial charge in [0.05, 0.1) is 0 Å². The molecule has 0 saturated heterocycles. The minimum atomic E-state index is -0.596. The number of esters is 1. The molecule has 132 valence electrons. The standard InChI is InChI=1S/C21H23FO3/c22-18-4-2-1-3-17(18)5-6-20(24)25-13-19(23)21-10-14-7-15(11-21)9-16(8-14)12-21/h1-6,14-16H,7-13H2/b6-5-. The van der Waals surface area contributed by atoms with E-state index in [9.17, 15) is 14.0 Å². The van der Waals surface area contributed by atoms with Crippen molar-refractivity contribution in [3.8, 4) is 0 Å². The Morgan fingerprint density at radius 2 is 1.68 bits per heavy atom. The van der Waals surface area contributed by atoms with Crippen molar-refractivity contribution >= 4 is 17.8 Å². The summed E-state index contributed by atoms with van der Waals surface area (Å²) in [4.78, 5) is 24.6. The van der Waals surface area contributed by atoms with Crippen LogP contribution in [0.15, 0.2) is 30.3 Å². The van der Waals surface area contributed by atoms with Crippen molar-refractivity contribution in [3.05, 3.63) is 41.7 Å². The Bertz CT molecular complexity index is 686. The molecule has 0 radical (unpaired) electrons. The van der Waals surface area contributed by atoms with Gasteiger partial charge in [0.2, 0.25) is 0 Å². The minimum absolute atomic E-state index is 0.0826. The van der Waals surface area contributed by atoms with Crippen LogP contribution in [-0.4, -0.2) is 18.4 Å². The third-order valence-electron chi connectivity index (χ3n) is 6.28. The molecule has 4 saturated carbocycles. The third-order valence-corrected chi connectivity index (χ3v) is 6.28. The number of carbonyl (C=O) groups is 2. The van der Waals surface area contributed by atoms with Crippen LogP contribution < -0.4 is 0 Å². The normalized spacial score (nSPS) is 32.9. The van der Waals surface area contributed by atoms with E-state index in [-0.39, 0.29) is 17.8 Å². The first-order chi connectivity index (χ1) is 12.0. The van der Waals surface area contributed by atoms with E-state index in [0.717, 1.165) is 19.3 Å². The summed E-state index contributed by atoms with van der Waals surface area (Å²) in [5, 5.41) is 0. The highest BCUT2D eigenvalue weighted by Gasteiger charge is 2.54. The van der Waals surface area contributed by atoms with Gasteiger partial charge in [-0.05, 0) is 68.4 Å². The molecule has 3 nitrogen and oxygen atoms in total. The Morgan fingerprint density at radius 3 is 2.28 bits per heavy atom. The van der Waals surface area contributed by atoms with Crippen LogP contribution in [0.4, 0.5) is 4.39 Å². The van der Waals surface area contributed by atoms with Crippen LogP contribution in [0.2, 0.25) is 0 Å². The molecule has 0 heterocycles. The average molecular weight is 342 g/mol. The molecular weight excluding hydrogens is 319 g/mol. The minimum Gasteiger partial charge on any atom is -0.455 e. The van der Waals surface area contributed by atoms with E-state index in [2.05, 4.69) is 0 Å². The van der Waals surface area contributed by atoms with Gasteiger partial charge < -0.3 is 4.74 Å². The van der Waals surface area contributed by atoms with Gasteiger partial charge in [-0.25, -0.2) is 9.18 Å². The summed E-state index contributed by atoms with van der Waals surface area (Å²) >= 11 is 0. The van der Waals surface area contributed by atoms with E-state index in [4.69, 9.17) is 4.74 Å². The van der Waals surface area contributed by atoms with Crippen molar-refractivity contribution in [2.24, 2.45) is 23.2 Å². The van der Waals surface area contributed by atoms with Crippen LogP contribution in [0.3, 0.4) is 0 Å². The number of carbonyl (C=O) groups excluding carboxylic acids is 2. The predicted octanol–water partition coefficient (Wildman–Crippen LogP) is 4.17. The van der Waals surface area contributed by atoms with E-state index < -0.39 is 11.8 Å². The summed E-state index contributed by atoms with van der Waals surface area (Å²) in [5.74, 6) is 1.15. The highest BCUT2D eigenvalue weighted by Crippen LogP contribution is 2.60. The summed E-state index contributed by atoms with van der Waals surface area (Å²) in [6.07, 6.45) is 9.31. The van der Waals surface area contributed by atoms with Gasteiger partial charge in [0, 0.05) is 17.1 Å². The molecule has 4 bridgehead atoms.